The molecule has 0 radical (unpaired) electrons. The molecule has 0 aliphatic rings. The van der Waals surface area contributed by atoms with Crippen molar-refractivity contribution in [3.8, 4) is 5.75 Å². The molecule has 0 saturated heterocycles. The minimum absolute atomic E-state index is 0.0490. The molecule has 0 amide bonds. The molecule has 2 rings (SSSR count). The summed E-state index contributed by atoms with van der Waals surface area (Å²) in [7, 11) is 0. The third-order valence-corrected chi connectivity index (χ3v) is 2.93. The summed E-state index contributed by atoms with van der Waals surface area (Å²) in [4.78, 5) is 0. The molecular weight excluding hydrogens is 240 g/mol. The van der Waals surface area contributed by atoms with E-state index in [1.54, 1.807) is 0 Å². The zero-order valence-electron chi connectivity index (χ0n) is 11.6. The van der Waals surface area contributed by atoms with Gasteiger partial charge in [0.25, 0.3) is 0 Å². The van der Waals surface area contributed by atoms with E-state index in [9.17, 15) is 0 Å². The Morgan fingerprint density at radius 3 is 2.74 bits per heavy atom. The molecule has 4 heteroatoms. The molecule has 0 spiro atoms. The summed E-state index contributed by atoms with van der Waals surface area (Å²) >= 11 is 0. The Morgan fingerprint density at radius 2 is 2.11 bits per heavy atom. The number of benzene rings is 1. The van der Waals surface area contributed by atoms with E-state index in [4.69, 9.17) is 14.9 Å². The van der Waals surface area contributed by atoms with Gasteiger partial charge in [-0.1, -0.05) is 6.07 Å². The maximum atomic E-state index is 6.08. The van der Waals surface area contributed by atoms with Crippen LogP contribution in [0.2, 0.25) is 0 Å². The van der Waals surface area contributed by atoms with Gasteiger partial charge < -0.3 is 20.2 Å². The summed E-state index contributed by atoms with van der Waals surface area (Å²) in [6.45, 7) is 6.50. The number of aryl methyl sites for hydroxylation is 1. The van der Waals surface area contributed by atoms with E-state index in [0.29, 0.717) is 18.0 Å². The average Bonchev–Trinajstić information content (AvgIpc) is 2.81. The standard InChI is InChI=1S/C15H20N2O2/c1-4-18-14-7-5-6-12(15(14)16)17-11(3)13-9-8-10(2)19-13/h5-9,11,17H,4,16H2,1-3H3. The van der Waals surface area contributed by atoms with E-state index in [-0.39, 0.29) is 6.04 Å². The molecule has 4 nitrogen and oxygen atoms in total. The van der Waals surface area contributed by atoms with Crippen molar-refractivity contribution < 1.29 is 9.15 Å². The highest BCUT2D eigenvalue weighted by Crippen LogP contribution is 2.32. The molecule has 2 aromatic rings. The van der Waals surface area contributed by atoms with Gasteiger partial charge in [-0.05, 0) is 45.0 Å². The SMILES string of the molecule is CCOc1cccc(NC(C)c2ccc(C)o2)c1N. The quantitative estimate of drug-likeness (QED) is 0.804. The highest BCUT2D eigenvalue weighted by Gasteiger charge is 2.12. The summed E-state index contributed by atoms with van der Waals surface area (Å²) < 4.78 is 11.1. The van der Waals surface area contributed by atoms with Crippen LogP contribution in [-0.4, -0.2) is 6.61 Å². The third-order valence-electron chi connectivity index (χ3n) is 2.93. The van der Waals surface area contributed by atoms with Gasteiger partial charge in [-0.25, -0.2) is 0 Å². The van der Waals surface area contributed by atoms with Crippen LogP contribution in [0.4, 0.5) is 11.4 Å². The number of nitrogens with one attached hydrogen (secondary N) is 1. The monoisotopic (exact) mass is 260 g/mol. The molecule has 0 aliphatic carbocycles. The van der Waals surface area contributed by atoms with Crippen molar-refractivity contribution in [1.82, 2.24) is 0 Å². The molecule has 0 fully saturated rings. The fraction of sp³-hybridized carbons (Fsp3) is 0.333. The lowest BCUT2D eigenvalue weighted by atomic mass is 10.2. The van der Waals surface area contributed by atoms with Gasteiger partial charge >= 0.3 is 0 Å². The van der Waals surface area contributed by atoms with Crippen molar-refractivity contribution in [3.63, 3.8) is 0 Å². The van der Waals surface area contributed by atoms with Crippen LogP contribution in [0.5, 0.6) is 5.75 Å². The van der Waals surface area contributed by atoms with Gasteiger partial charge in [0.05, 0.1) is 24.0 Å². The lowest BCUT2D eigenvalue weighted by molar-refractivity contribution is 0.342. The van der Waals surface area contributed by atoms with Crippen LogP contribution >= 0.6 is 0 Å². The Kier molecular flexibility index (Phi) is 4.00. The molecule has 1 atom stereocenters. The van der Waals surface area contributed by atoms with E-state index in [2.05, 4.69) is 5.32 Å². The number of furan rings is 1. The van der Waals surface area contributed by atoms with Crippen LogP contribution in [0.3, 0.4) is 0 Å². The number of hydrogen-bond donors (Lipinski definition) is 2. The number of ether oxygens (including phenoxy) is 1. The van der Waals surface area contributed by atoms with Gasteiger partial charge in [-0.3, -0.25) is 0 Å². The molecule has 3 N–H and O–H groups in total. The Morgan fingerprint density at radius 1 is 1.32 bits per heavy atom. The molecule has 0 aliphatic heterocycles. The third kappa shape index (κ3) is 3.02. The smallest absolute Gasteiger partial charge is 0.144 e. The van der Waals surface area contributed by atoms with Crippen LogP contribution < -0.4 is 15.8 Å². The minimum Gasteiger partial charge on any atom is -0.492 e. The maximum absolute atomic E-state index is 6.08. The van der Waals surface area contributed by atoms with Crippen LogP contribution in [0.15, 0.2) is 34.7 Å². The predicted octanol–water partition coefficient (Wildman–Crippen LogP) is 3.74. The van der Waals surface area contributed by atoms with Crippen LogP contribution in [0.1, 0.15) is 31.4 Å². The van der Waals surface area contributed by atoms with Crippen molar-refractivity contribution >= 4 is 11.4 Å². The van der Waals surface area contributed by atoms with Crippen molar-refractivity contribution in [3.05, 3.63) is 41.9 Å². The average molecular weight is 260 g/mol. The van der Waals surface area contributed by atoms with Gasteiger partial charge in [0.2, 0.25) is 0 Å². The lowest BCUT2D eigenvalue weighted by Crippen LogP contribution is -2.08. The van der Waals surface area contributed by atoms with Crippen LogP contribution in [0.25, 0.3) is 0 Å². The second-order valence-corrected chi connectivity index (χ2v) is 4.46. The first-order chi connectivity index (χ1) is 9.11. The van der Waals surface area contributed by atoms with Crippen molar-refractivity contribution in [2.75, 3.05) is 17.7 Å². The first-order valence-corrected chi connectivity index (χ1v) is 6.46. The van der Waals surface area contributed by atoms with Gasteiger partial charge in [0.1, 0.15) is 17.3 Å². The zero-order chi connectivity index (χ0) is 13.8. The van der Waals surface area contributed by atoms with Gasteiger partial charge in [0, 0.05) is 0 Å². The molecular formula is C15H20N2O2. The fourth-order valence-electron chi connectivity index (χ4n) is 1.94. The molecule has 0 bridgehead atoms. The van der Waals surface area contributed by atoms with Crippen LogP contribution in [0, 0.1) is 6.92 Å². The molecule has 1 aromatic heterocycles. The molecule has 1 unspecified atom stereocenters. The summed E-state index contributed by atoms with van der Waals surface area (Å²) in [5.41, 5.74) is 7.56. The molecule has 1 heterocycles. The molecule has 102 valence electrons. The number of rotatable bonds is 5. The Hall–Kier alpha value is -2.10. The number of para-hydroxylation sites is 1. The Bertz CT molecular complexity index is 549. The molecule has 1 aromatic carbocycles. The predicted molar refractivity (Wildman–Crippen MR) is 77.5 cm³/mol. The Balaban J connectivity index is 2.16. The van der Waals surface area contributed by atoms with Crippen molar-refractivity contribution in [2.24, 2.45) is 0 Å². The fourth-order valence-corrected chi connectivity index (χ4v) is 1.94. The van der Waals surface area contributed by atoms with Gasteiger partial charge in [-0.15, -0.1) is 0 Å². The normalized spacial score (nSPS) is 12.2. The number of nitrogen functional groups attached to an aromatic ring is 1. The zero-order valence-corrected chi connectivity index (χ0v) is 11.6. The topological polar surface area (TPSA) is 60.4 Å². The summed E-state index contributed by atoms with van der Waals surface area (Å²) in [6, 6.07) is 9.69. The van der Waals surface area contributed by atoms with E-state index in [1.165, 1.54) is 0 Å². The second kappa shape index (κ2) is 5.69. The highest BCUT2D eigenvalue weighted by atomic mass is 16.5. The lowest BCUT2D eigenvalue weighted by Gasteiger charge is -2.16. The number of anilines is 2. The van der Waals surface area contributed by atoms with Gasteiger partial charge in [-0.2, -0.15) is 0 Å². The van der Waals surface area contributed by atoms with E-state index in [0.717, 1.165) is 17.2 Å². The van der Waals surface area contributed by atoms with Gasteiger partial charge in [0.15, 0.2) is 0 Å². The second-order valence-electron chi connectivity index (χ2n) is 4.46. The molecule has 0 saturated carbocycles. The van der Waals surface area contributed by atoms with E-state index >= 15 is 0 Å². The summed E-state index contributed by atoms with van der Waals surface area (Å²) in [6.07, 6.45) is 0. The minimum atomic E-state index is 0.0490. The van der Waals surface area contributed by atoms with Crippen LogP contribution in [-0.2, 0) is 0 Å². The maximum Gasteiger partial charge on any atom is 0.144 e. The van der Waals surface area contributed by atoms with Crippen molar-refractivity contribution in [2.45, 2.75) is 26.8 Å². The van der Waals surface area contributed by atoms with E-state index in [1.807, 2.05) is 51.1 Å². The van der Waals surface area contributed by atoms with Crippen molar-refractivity contribution in [1.29, 1.82) is 0 Å². The highest BCUT2D eigenvalue weighted by molar-refractivity contribution is 5.73. The van der Waals surface area contributed by atoms with E-state index < -0.39 is 0 Å². The first kappa shape index (κ1) is 13.3. The number of hydrogen-bond acceptors (Lipinski definition) is 4. The summed E-state index contributed by atoms with van der Waals surface area (Å²) in [5, 5.41) is 3.34. The largest absolute Gasteiger partial charge is 0.492 e. The first-order valence-electron chi connectivity index (χ1n) is 6.46. The number of nitrogens with two attached hydrogens (primary N) is 1. The molecule has 19 heavy (non-hydrogen) atoms. The summed E-state index contributed by atoms with van der Waals surface area (Å²) in [5.74, 6) is 2.49. The Labute approximate surface area is 113 Å².